The Morgan fingerprint density at radius 1 is 0.926 bits per heavy atom. The Balaban J connectivity index is 1.84. The molecule has 0 aliphatic heterocycles. The summed E-state index contributed by atoms with van der Waals surface area (Å²) in [5, 5.41) is 3.53. The molecule has 0 aliphatic carbocycles. The van der Waals surface area contributed by atoms with Gasteiger partial charge in [0.25, 0.3) is 0 Å². The third-order valence-corrected chi connectivity index (χ3v) is 4.64. The summed E-state index contributed by atoms with van der Waals surface area (Å²) in [7, 11) is 1.62. The van der Waals surface area contributed by atoms with Crippen LogP contribution in [0.5, 0.6) is 5.75 Å². The number of aryl methyl sites for hydroxylation is 2. The summed E-state index contributed by atoms with van der Waals surface area (Å²) in [6, 6.07) is 23.7. The van der Waals surface area contributed by atoms with Gasteiger partial charge in [-0.1, -0.05) is 42.0 Å². The van der Waals surface area contributed by atoms with E-state index in [2.05, 4.69) is 55.6 Å². The van der Waals surface area contributed by atoms with Gasteiger partial charge in [0.2, 0.25) is 0 Å². The van der Waals surface area contributed by atoms with E-state index in [1.54, 1.807) is 7.11 Å². The average molecular weight is 359 g/mol. The van der Waals surface area contributed by atoms with Crippen molar-refractivity contribution in [1.82, 2.24) is 0 Å². The molecule has 0 saturated carbocycles. The van der Waals surface area contributed by atoms with Gasteiger partial charge >= 0.3 is 0 Å². The summed E-state index contributed by atoms with van der Waals surface area (Å²) in [5.41, 5.74) is 5.20. The van der Waals surface area contributed by atoms with Crippen molar-refractivity contribution < 1.29 is 9.53 Å². The number of rotatable bonds is 7. The Morgan fingerprint density at radius 3 is 2.26 bits per heavy atom. The highest BCUT2D eigenvalue weighted by atomic mass is 16.5. The van der Waals surface area contributed by atoms with Crippen molar-refractivity contribution in [1.29, 1.82) is 0 Å². The third kappa shape index (κ3) is 4.98. The van der Waals surface area contributed by atoms with E-state index < -0.39 is 0 Å². The minimum atomic E-state index is -0.0954. The first-order chi connectivity index (χ1) is 13.0. The predicted molar refractivity (Wildman–Crippen MR) is 111 cm³/mol. The monoisotopic (exact) mass is 359 g/mol. The van der Waals surface area contributed by atoms with Crippen LogP contribution in [0.4, 0.5) is 5.69 Å². The minimum Gasteiger partial charge on any atom is -0.497 e. The molecule has 3 rings (SSSR count). The largest absolute Gasteiger partial charge is 0.497 e. The van der Waals surface area contributed by atoms with Gasteiger partial charge in [0.1, 0.15) is 5.75 Å². The number of ether oxygens (including phenoxy) is 1. The van der Waals surface area contributed by atoms with Gasteiger partial charge in [-0.2, -0.15) is 0 Å². The second-order valence-corrected chi connectivity index (χ2v) is 6.83. The molecule has 3 heteroatoms. The number of carbonyl (C=O) groups is 1. The minimum absolute atomic E-state index is 0.0954. The molecule has 27 heavy (non-hydrogen) atoms. The Labute approximate surface area is 161 Å². The van der Waals surface area contributed by atoms with Crippen molar-refractivity contribution in [2.24, 2.45) is 0 Å². The van der Waals surface area contributed by atoms with Crippen molar-refractivity contribution in [3.63, 3.8) is 0 Å². The van der Waals surface area contributed by atoms with Gasteiger partial charge < -0.3 is 10.1 Å². The number of hydrogen-bond donors (Lipinski definition) is 1. The van der Waals surface area contributed by atoms with Gasteiger partial charge in [0.05, 0.1) is 13.2 Å². The molecule has 3 nitrogen and oxygen atoms in total. The molecule has 1 N–H and O–H groups in total. The highest BCUT2D eigenvalue weighted by Gasteiger charge is 2.17. The number of nitrogens with one attached hydrogen (secondary N) is 1. The lowest BCUT2D eigenvalue weighted by Crippen LogP contribution is -2.16. The zero-order chi connectivity index (χ0) is 19.2. The maximum Gasteiger partial charge on any atom is 0.165 e. The molecule has 0 heterocycles. The van der Waals surface area contributed by atoms with Crippen LogP contribution < -0.4 is 10.1 Å². The van der Waals surface area contributed by atoms with Crippen molar-refractivity contribution in [2.45, 2.75) is 26.3 Å². The molecule has 0 aromatic heterocycles. The van der Waals surface area contributed by atoms with Crippen molar-refractivity contribution in [3.8, 4) is 5.75 Å². The summed E-state index contributed by atoms with van der Waals surface area (Å²) >= 11 is 0. The molecule has 3 aromatic rings. The van der Waals surface area contributed by atoms with Gasteiger partial charge in [-0.05, 0) is 61.4 Å². The quantitative estimate of drug-likeness (QED) is 0.547. The number of ketones is 1. The van der Waals surface area contributed by atoms with E-state index in [0.29, 0.717) is 12.0 Å². The highest BCUT2D eigenvalue weighted by Crippen LogP contribution is 2.26. The van der Waals surface area contributed by atoms with Crippen LogP contribution in [-0.4, -0.2) is 12.9 Å². The van der Waals surface area contributed by atoms with Crippen molar-refractivity contribution >= 4 is 11.5 Å². The summed E-state index contributed by atoms with van der Waals surface area (Å²) in [5.74, 6) is 0.850. The fourth-order valence-electron chi connectivity index (χ4n) is 3.07. The van der Waals surface area contributed by atoms with Gasteiger partial charge in [0.15, 0.2) is 5.78 Å². The third-order valence-electron chi connectivity index (χ3n) is 4.64. The zero-order valence-electron chi connectivity index (χ0n) is 16.0. The lowest BCUT2D eigenvalue weighted by molar-refractivity contribution is 0.0976. The summed E-state index contributed by atoms with van der Waals surface area (Å²) in [6.45, 7) is 4.13. The van der Waals surface area contributed by atoms with E-state index >= 15 is 0 Å². The number of carbonyl (C=O) groups excluding carboxylic acids is 1. The van der Waals surface area contributed by atoms with E-state index in [-0.39, 0.29) is 11.8 Å². The van der Waals surface area contributed by atoms with Crippen LogP contribution in [0, 0.1) is 13.8 Å². The molecule has 0 radical (unpaired) electrons. The van der Waals surface area contributed by atoms with Crippen LogP contribution >= 0.6 is 0 Å². The fraction of sp³-hybridized carbons (Fsp3) is 0.208. The van der Waals surface area contributed by atoms with Gasteiger partial charge in [-0.15, -0.1) is 0 Å². The molecule has 0 saturated heterocycles. The van der Waals surface area contributed by atoms with Gasteiger partial charge in [0, 0.05) is 17.7 Å². The van der Waals surface area contributed by atoms with E-state index in [0.717, 1.165) is 17.0 Å². The van der Waals surface area contributed by atoms with E-state index in [1.807, 2.05) is 36.4 Å². The van der Waals surface area contributed by atoms with E-state index in [9.17, 15) is 4.79 Å². The maximum absolute atomic E-state index is 12.9. The molecule has 138 valence electrons. The average Bonchev–Trinajstić information content (AvgIpc) is 2.68. The second-order valence-electron chi connectivity index (χ2n) is 6.83. The lowest BCUT2D eigenvalue weighted by Gasteiger charge is -2.21. The molecule has 0 bridgehead atoms. The van der Waals surface area contributed by atoms with Crippen LogP contribution in [-0.2, 0) is 0 Å². The first-order valence-corrected chi connectivity index (χ1v) is 9.12. The van der Waals surface area contributed by atoms with Crippen LogP contribution in [0.25, 0.3) is 0 Å². The number of benzene rings is 3. The van der Waals surface area contributed by atoms with E-state index in [1.165, 1.54) is 11.1 Å². The standard InChI is InChI=1S/C24H25NO2/c1-17-7-9-19(10-8-17)23(25-21-6-4-5-18(2)15-21)16-24(26)20-11-13-22(27-3)14-12-20/h4-15,23,25H,16H2,1-3H3. The molecule has 0 spiro atoms. The smallest absolute Gasteiger partial charge is 0.165 e. The Morgan fingerprint density at radius 2 is 1.63 bits per heavy atom. The molecular weight excluding hydrogens is 334 g/mol. The molecular formula is C24H25NO2. The normalized spacial score (nSPS) is 11.7. The SMILES string of the molecule is COc1ccc(C(=O)CC(Nc2cccc(C)c2)c2ccc(C)cc2)cc1. The topological polar surface area (TPSA) is 38.3 Å². The number of Topliss-reactive ketones (excluding diaryl/α,β-unsaturated/α-hetero) is 1. The predicted octanol–water partition coefficient (Wildman–Crippen LogP) is 5.74. The number of anilines is 1. The highest BCUT2D eigenvalue weighted by molar-refractivity contribution is 5.96. The Hall–Kier alpha value is -3.07. The molecule has 0 fully saturated rings. The van der Waals surface area contributed by atoms with E-state index in [4.69, 9.17) is 4.74 Å². The van der Waals surface area contributed by atoms with Gasteiger partial charge in [-0.3, -0.25) is 4.79 Å². The van der Waals surface area contributed by atoms with Crippen LogP contribution in [0.2, 0.25) is 0 Å². The molecule has 0 aliphatic rings. The molecule has 1 unspecified atom stereocenters. The Bertz CT molecular complexity index is 898. The number of methoxy groups -OCH3 is 1. The molecule has 1 atom stereocenters. The zero-order valence-corrected chi connectivity index (χ0v) is 16.0. The Kier molecular flexibility index (Phi) is 5.92. The first-order valence-electron chi connectivity index (χ1n) is 9.12. The van der Waals surface area contributed by atoms with Crippen LogP contribution in [0.15, 0.2) is 72.8 Å². The summed E-state index contributed by atoms with van der Waals surface area (Å²) < 4.78 is 5.18. The second kappa shape index (κ2) is 8.54. The lowest BCUT2D eigenvalue weighted by atomic mass is 9.96. The summed E-state index contributed by atoms with van der Waals surface area (Å²) in [4.78, 5) is 12.9. The summed E-state index contributed by atoms with van der Waals surface area (Å²) in [6.07, 6.45) is 0.378. The van der Waals surface area contributed by atoms with Crippen LogP contribution in [0.1, 0.15) is 39.5 Å². The molecule has 3 aromatic carbocycles. The van der Waals surface area contributed by atoms with Crippen molar-refractivity contribution in [3.05, 3.63) is 95.1 Å². The van der Waals surface area contributed by atoms with Crippen LogP contribution in [0.3, 0.4) is 0 Å². The van der Waals surface area contributed by atoms with Gasteiger partial charge in [-0.25, -0.2) is 0 Å². The fourth-order valence-corrected chi connectivity index (χ4v) is 3.07. The first kappa shape index (κ1) is 18.7. The van der Waals surface area contributed by atoms with Crippen molar-refractivity contribution in [2.75, 3.05) is 12.4 Å². The maximum atomic E-state index is 12.9. The molecule has 0 amide bonds. The number of hydrogen-bond acceptors (Lipinski definition) is 3.